The molecule has 2 aliphatic rings. The highest BCUT2D eigenvalue weighted by atomic mass is 19.1. The SMILES string of the molecule is CC1C2CCC1(C(=O)O)c1nnc(-c3ccccc3F)cc12. The summed E-state index contributed by atoms with van der Waals surface area (Å²) in [6.45, 7) is 1.97. The Balaban J connectivity index is 1.89. The molecule has 2 aromatic rings. The molecular weight excluding hydrogens is 283 g/mol. The minimum Gasteiger partial charge on any atom is -0.481 e. The highest BCUT2D eigenvalue weighted by Gasteiger charge is 2.61. The molecule has 2 bridgehead atoms. The smallest absolute Gasteiger partial charge is 0.316 e. The van der Waals surface area contributed by atoms with E-state index >= 15 is 0 Å². The van der Waals surface area contributed by atoms with E-state index in [0.29, 0.717) is 23.4 Å². The van der Waals surface area contributed by atoms with Crippen LogP contribution in [0.4, 0.5) is 4.39 Å². The molecule has 1 aromatic heterocycles. The molecule has 1 saturated carbocycles. The van der Waals surface area contributed by atoms with E-state index in [1.54, 1.807) is 18.2 Å². The highest BCUT2D eigenvalue weighted by molar-refractivity contribution is 5.84. The summed E-state index contributed by atoms with van der Waals surface area (Å²) in [5, 5.41) is 18.0. The topological polar surface area (TPSA) is 63.1 Å². The molecule has 112 valence electrons. The van der Waals surface area contributed by atoms with Gasteiger partial charge in [0, 0.05) is 5.56 Å². The number of carboxylic acids is 1. The number of benzene rings is 1. The zero-order chi connectivity index (χ0) is 15.5. The molecule has 0 amide bonds. The molecule has 3 atom stereocenters. The fourth-order valence-electron chi connectivity index (χ4n) is 4.20. The Kier molecular flexibility index (Phi) is 2.64. The molecule has 0 saturated heterocycles. The van der Waals surface area contributed by atoms with Gasteiger partial charge in [0.15, 0.2) is 0 Å². The Morgan fingerprint density at radius 2 is 2.14 bits per heavy atom. The normalized spacial score (nSPS) is 28.6. The molecule has 4 nitrogen and oxygen atoms in total. The van der Waals surface area contributed by atoms with Crippen LogP contribution in [0.5, 0.6) is 0 Å². The summed E-state index contributed by atoms with van der Waals surface area (Å²) in [5.74, 6) is -0.993. The van der Waals surface area contributed by atoms with E-state index in [1.807, 2.05) is 13.0 Å². The Morgan fingerprint density at radius 1 is 1.36 bits per heavy atom. The van der Waals surface area contributed by atoms with Gasteiger partial charge in [0.1, 0.15) is 11.2 Å². The summed E-state index contributed by atoms with van der Waals surface area (Å²) in [6, 6.07) is 8.25. The third-order valence-electron chi connectivity index (χ3n) is 5.41. The van der Waals surface area contributed by atoms with Crippen LogP contribution in [0.25, 0.3) is 11.3 Å². The van der Waals surface area contributed by atoms with Gasteiger partial charge in [-0.25, -0.2) is 4.39 Å². The zero-order valence-electron chi connectivity index (χ0n) is 12.1. The van der Waals surface area contributed by atoms with Crippen LogP contribution < -0.4 is 0 Å². The summed E-state index contributed by atoms with van der Waals surface area (Å²) >= 11 is 0. The largest absolute Gasteiger partial charge is 0.481 e. The molecule has 4 rings (SSSR count). The van der Waals surface area contributed by atoms with Crippen molar-refractivity contribution >= 4 is 5.97 Å². The van der Waals surface area contributed by atoms with Crippen molar-refractivity contribution in [2.75, 3.05) is 0 Å². The molecule has 5 heteroatoms. The lowest BCUT2D eigenvalue weighted by Crippen LogP contribution is -2.37. The minimum atomic E-state index is -0.916. The number of fused-ring (bicyclic) bond motifs is 5. The lowest BCUT2D eigenvalue weighted by atomic mass is 9.79. The van der Waals surface area contributed by atoms with Crippen LogP contribution in [-0.4, -0.2) is 21.3 Å². The highest BCUT2D eigenvalue weighted by Crippen LogP contribution is 2.60. The molecule has 0 aliphatic heterocycles. The minimum absolute atomic E-state index is 0.00479. The summed E-state index contributed by atoms with van der Waals surface area (Å²) in [6.07, 6.45) is 1.44. The van der Waals surface area contributed by atoms with Gasteiger partial charge in [0.05, 0.1) is 11.4 Å². The maximum absolute atomic E-state index is 13.9. The molecule has 0 spiro atoms. The second kappa shape index (κ2) is 4.35. The molecule has 0 radical (unpaired) electrons. The Hall–Kier alpha value is -2.30. The van der Waals surface area contributed by atoms with Crippen molar-refractivity contribution in [3.05, 3.63) is 47.4 Å². The maximum Gasteiger partial charge on any atom is 0.316 e. The summed E-state index contributed by atoms with van der Waals surface area (Å²) in [5.41, 5.74) is 1.45. The van der Waals surface area contributed by atoms with Crippen molar-refractivity contribution in [3.8, 4) is 11.3 Å². The summed E-state index contributed by atoms with van der Waals surface area (Å²) in [7, 11) is 0. The molecule has 3 unspecified atom stereocenters. The lowest BCUT2D eigenvalue weighted by molar-refractivity contribution is -0.145. The first-order valence-corrected chi connectivity index (χ1v) is 7.42. The second-order valence-corrected chi connectivity index (χ2v) is 6.22. The van der Waals surface area contributed by atoms with Crippen molar-refractivity contribution in [1.82, 2.24) is 10.2 Å². The molecular formula is C17H15FN2O2. The van der Waals surface area contributed by atoms with Crippen LogP contribution in [0.2, 0.25) is 0 Å². The van der Waals surface area contributed by atoms with E-state index in [1.165, 1.54) is 6.07 Å². The number of carboxylic acid groups (broad SMARTS) is 1. The number of rotatable bonds is 2. The number of hydrogen-bond donors (Lipinski definition) is 1. The van der Waals surface area contributed by atoms with Crippen LogP contribution in [0.3, 0.4) is 0 Å². The molecule has 1 heterocycles. The summed E-state index contributed by atoms with van der Waals surface area (Å²) < 4.78 is 13.9. The van der Waals surface area contributed by atoms with Crippen molar-refractivity contribution in [2.45, 2.75) is 31.1 Å². The van der Waals surface area contributed by atoms with Crippen LogP contribution >= 0.6 is 0 Å². The van der Waals surface area contributed by atoms with Gasteiger partial charge in [0.2, 0.25) is 0 Å². The van der Waals surface area contributed by atoms with Gasteiger partial charge in [-0.3, -0.25) is 4.79 Å². The lowest BCUT2D eigenvalue weighted by Gasteiger charge is -2.24. The number of aromatic nitrogens is 2. The van der Waals surface area contributed by atoms with Gasteiger partial charge in [-0.15, -0.1) is 0 Å². The monoisotopic (exact) mass is 298 g/mol. The fraction of sp³-hybridized carbons (Fsp3) is 0.353. The van der Waals surface area contributed by atoms with E-state index in [2.05, 4.69) is 10.2 Å². The maximum atomic E-state index is 13.9. The standard InChI is InChI=1S/C17H15FN2O2/c1-9-10-6-7-17(9,16(21)22)15-12(10)8-14(19-20-15)11-4-2-3-5-13(11)18/h2-5,8-10H,6-7H2,1H3,(H,21,22). The van der Waals surface area contributed by atoms with Crippen LogP contribution in [0.1, 0.15) is 36.9 Å². The van der Waals surface area contributed by atoms with Crippen LogP contribution in [0, 0.1) is 11.7 Å². The van der Waals surface area contributed by atoms with Gasteiger partial charge in [-0.1, -0.05) is 19.1 Å². The quantitative estimate of drug-likeness (QED) is 0.925. The van der Waals surface area contributed by atoms with Crippen molar-refractivity contribution in [1.29, 1.82) is 0 Å². The average molecular weight is 298 g/mol. The van der Waals surface area contributed by atoms with E-state index in [-0.39, 0.29) is 17.7 Å². The Bertz CT molecular complexity index is 792. The van der Waals surface area contributed by atoms with Crippen LogP contribution in [0.15, 0.2) is 30.3 Å². The van der Waals surface area contributed by atoms with Gasteiger partial charge >= 0.3 is 5.97 Å². The zero-order valence-corrected chi connectivity index (χ0v) is 12.1. The number of nitrogens with zero attached hydrogens (tertiary/aromatic N) is 2. The molecule has 22 heavy (non-hydrogen) atoms. The Morgan fingerprint density at radius 3 is 2.86 bits per heavy atom. The predicted octanol–water partition coefficient (Wildman–Crippen LogP) is 3.13. The van der Waals surface area contributed by atoms with Gasteiger partial charge in [-0.05, 0) is 48.4 Å². The van der Waals surface area contributed by atoms with Crippen molar-refractivity contribution in [3.63, 3.8) is 0 Å². The first kappa shape index (κ1) is 13.4. The first-order valence-electron chi connectivity index (χ1n) is 7.42. The van der Waals surface area contributed by atoms with E-state index in [4.69, 9.17) is 0 Å². The molecule has 1 aromatic carbocycles. The predicted molar refractivity (Wildman–Crippen MR) is 77.9 cm³/mol. The van der Waals surface area contributed by atoms with E-state index < -0.39 is 11.4 Å². The second-order valence-electron chi connectivity index (χ2n) is 6.22. The number of halogens is 1. The van der Waals surface area contributed by atoms with E-state index in [0.717, 1.165) is 12.0 Å². The Labute approximate surface area is 127 Å². The third-order valence-corrected chi connectivity index (χ3v) is 5.41. The number of aliphatic carboxylic acids is 1. The van der Waals surface area contributed by atoms with Gasteiger partial charge < -0.3 is 5.11 Å². The number of carbonyl (C=O) groups is 1. The van der Waals surface area contributed by atoms with Crippen molar-refractivity contribution < 1.29 is 14.3 Å². The third kappa shape index (κ3) is 1.48. The summed E-state index contributed by atoms with van der Waals surface area (Å²) in [4.78, 5) is 11.8. The van der Waals surface area contributed by atoms with Gasteiger partial charge in [-0.2, -0.15) is 10.2 Å². The molecule has 1 fully saturated rings. The molecule has 2 aliphatic carbocycles. The van der Waals surface area contributed by atoms with Crippen LogP contribution in [-0.2, 0) is 10.2 Å². The van der Waals surface area contributed by atoms with Crippen molar-refractivity contribution in [2.24, 2.45) is 5.92 Å². The van der Waals surface area contributed by atoms with Gasteiger partial charge in [0.25, 0.3) is 0 Å². The van der Waals surface area contributed by atoms with E-state index in [9.17, 15) is 14.3 Å². The average Bonchev–Trinajstić information content (AvgIpc) is 2.97. The first-order chi connectivity index (χ1) is 10.6. The fourth-order valence-corrected chi connectivity index (χ4v) is 4.20. The molecule has 1 N–H and O–H groups in total. The number of hydrogen-bond acceptors (Lipinski definition) is 3.